The van der Waals surface area contributed by atoms with Crippen molar-refractivity contribution in [1.29, 1.82) is 0 Å². The van der Waals surface area contributed by atoms with Gasteiger partial charge in [0.1, 0.15) is 5.75 Å². The van der Waals surface area contributed by atoms with Crippen LogP contribution < -0.4 is 9.54 Å². The maximum atomic E-state index is 12.5. The van der Waals surface area contributed by atoms with Gasteiger partial charge >= 0.3 is 0 Å². The summed E-state index contributed by atoms with van der Waals surface area (Å²) in [5.41, 5.74) is 0.924. The predicted molar refractivity (Wildman–Crippen MR) is 96.2 cm³/mol. The third-order valence-corrected chi connectivity index (χ3v) is 6.21. The van der Waals surface area contributed by atoms with Gasteiger partial charge in [-0.05, 0) is 49.4 Å². The number of rotatable bonds is 4. The van der Waals surface area contributed by atoms with Gasteiger partial charge in [-0.15, -0.1) is 4.40 Å². The molecule has 0 saturated heterocycles. The Morgan fingerprint density at radius 1 is 1.21 bits per heavy atom. The Morgan fingerprint density at radius 3 is 2.54 bits per heavy atom. The highest BCUT2D eigenvalue weighted by Crippen LogP contribution is 2.24. The average Bonchev–Trinajstić information content (AvgIpc) is 2.90. The number of sulfonamides is 1. The van der Waals surface area contributed by atoms with Gasteiger partial charge in [-0.1, -0.05) is 22.9 Å². The molecule has 1 heterocycles. The second kappa shape index (κ2) is 6.58. The zero-order valence-electron chi connectivity index (χ0n) is 13.1. The number of aromatic nitrogens is 1. The molecule has 0 amide bonds. The first-order valence-corrected chi connectivity index (χ1v) is 9.82. The van der Waals surface area contributed by atoms with E-state index in [1.165, 1.54) is 35.6 Å². The van der Waals surface area contributed by atoms with Crippen LogP contribution in [0.25, 0.3) is 10.2 Å². The van der Waals surface area contributed by atoms with Gasteiger partial charge in [0, 0.05) is 11.6 Å². The van der Waals surface area contributed by atoms with Gasteiger partial charge in [0.15, 0.2) is 0 Å². The molecule has 5 nitrogen and oxygen atoms in total. The van der Waals surface area contributed by atoms with E-state index in [0.29, 0.717) is 16.4 Å². The third-order valence-electron chi connectivity index (χ3n) is 3.52. The maximum Gasteiger partial charge on any atom is 0.285 e. The van der Waals surface area contributed by atoms with Crippen molar-refractivity contribution in [3.8, 4) is 5.75 Å². The fourth-order valence-electron chi connectivity index (χ4n) is 2.32. The van der Waals surface area contributed by atoms with Gasteiger partial charge in [-0.3, -0.25) is 0 Å². The van der Waals surface area contributed by atoms with Crippen LogP contribution in [0.4, 0.5) is 0 Å². The molecule has 0 saturated carbocycles. The van der Waals surface area contributed by atoms with E-state index in [9.17, 15) is 8.42 Å². The molecule has 0 aliphatic heterocycles. The second-order valence-corrected chi connectivity index (χ2v) is 8.03. The largest absolute Gasteiger partial charge is 0.497 e. The Kier molecular flexibility index (Phi) is 4.67. The van der Waals surface area contributed by atoms with E-state index in [2.05, 4.69) is 4.40 Å². The van der Waals surface area contributed by atoms with Crippen LogP contribution in [0.3, 0.4) is 0 Å². The number of thiazole rings is 1. The van der Waals surface area contributed by atoms with Gasteiger partial charge in [0.05, 0.1) is 22.2 Å². The summed E-state index contributed by atoms with van der Waals surface area (Å²) < 4.78 is 37.1. The van der Waals surface area contributed by atoms with Crippen molar-refractivity contribution in [3.63, 3.8) is 0 Å². The average molecular weight is 383 g/mol. The van der Waals surface area contributed by atoms with E-state index in [1.54, 1.807) is 7.11 Å². The highest BCUT2D eigenvalue weighted by atomic mass is 35.5. The maximum absolute atomic E-state index is 12.5. The lowest BCUT2D eigenvalue weighted by molar-refractivity contribution is 0.415. The summed E-state index contributed by atoms with van der Waals surface area (Å²) in [4.78, 5) is 0.542. The minimum atomic E-state index is -3.80. The zero-order valence-corrected chi connectivity index (χ0v) is 15.5. The number of ether oxygens (including phenoxy) is 1. The molecule has 0 aliphatic rings. The minimum absolute atomic E-state index is 0.115. The van der Waals surface area contributed by atoms with Crippen LogP contribution in [0.2, 0.25) is 5.02 Å². The van der Waals surface area contributed by atoms with Crippen molar-refractivity contribution in [2.24, 2.45) is 4.40 Å². The lowest BCUT2D eigenvalue weighted by Gasteiger charge is -2.02. The first-order chi connectivity index (χ1) is 11.4. The van der Waals surface area contributed by atoms with Crippen LogP contribution in [0.15, 0.2) is 51.8 Å². The lowest BCUT2D eigenvalue weighted by Crippen LogP contribution is -2.16. The molecule has 3 aromatic rings. The van der Waals surface area contributed by atoms with Gasteiger partial charge in [0.2, 0.25) is 4.80 Å². The molecule has 126 valence electrons. The van der Waals surface area contributed by atoms with Crippen molar-refractivity contribution in [1.82, 2.24) is 4.57 Å². The fraction of sp³-hybridized carbons (Fsp3) is 0.188. The normalized spacial score (nSPS) is 12.7. The molecule has 0 unspecified atom stereocenters. The SMILES string of the molecule is CCn1/c(=N/S(=O)(=O)c2ccc(Cl)cc2)sc2cc(OC)ccc21. The van der Waals surface area contributed by atoms with Crippen molar-refractivity contribution < 1.29 is 13.2 Å². The van der Waals surface area contributed by atoms with Gasteiger partial charge in [-0.25, -0.2) is 0 Å². The molecule has 0 bridgehead atoms. The number of aryl methyl sites for hydroxylation is 1. The quantitative estimate of drug-likeness (QED) is 0.691. The topological polar surface area (TPSA) is 60.7 Å². The van der Waals surface area contributed by atoms with Crippen LogP contribution in [0.1, 0.15) is 6.92 Å². The number of hydrogen-bond acceptors (Lipinski definition) is 4. The smallest absolute Gasteiger partial charge is 0.285 e. The summed E-state index contributed by atoms with van der Waals surface area (Å²) in [5.74, 6) is 0.721. The van der Waals surface area contributed by atoms with Crippen LogP contribution in [0.5, 0.6) is 5.75 Å². The summed E-state index contributed by atoms with van der Waals surface area (Å²) in [5, 5.41) is 0.478. The minimum Gasteiger partial charge on any atom is -0.497 e. The first kappa shape index (κ1) is 17.0. The molecular formula is C16H15ClN2O3S2. The van der Waals surface area contributed by atoms with Gasteiger partial charge in [-0.2, -0.15) is 8.42 Å². The second-order valence-electron chi connectivity index (χ2n) is 4.98. The van der Waals surface area contributed by atoms with Crippen LogP contribution in [-0.4, -0.2) is 20.1 Å². The van der Waals surface area contributed by atoms with Gasteiger partial charge in [0.25, 0.3) is 10.0 Å². The molecule has 0 radical (unpaired) electrons. The Balaban J connectivity index is 2.20. The van der Waals surface area contributed by atoms with E-state index in [4.69, 9.17) is 16.3 Å². The fourth-order valence-corrected chi connectivity index (χ4v) is 4.77. The summed E-state index contributed by atoms with van der Waals surface area (Å²) >= 11 is 7.13. The number of benzene rings is 2. The molecule has 3 rings (SSSR count). The number of fused-ring (bicyclic) bond motifs is 1. The Labute approximate surface area is 148 Å². The molecule has 0 N–H and O–H groups in total. The van der Waals surface area contributed by atoms with Crippen LogP contribution in [-0.2, 0) is 16.6 Å². The summed E-state index contributed by atoms with van der Waals surface area (Å²) in [6.45, 7) is 2.56. The molecule has 0 spiro atoms. The Morgan fingerprint density at radius 2 is 1.92 bits per heavy atom. The summed E-state index contributed by atoms with van der Waals surface area (Å²) in [6, 6.07) is 11.6. The zero-order chi connectivity index (χ0) is 17.3. The summed E-state index contributed by atoms with van der Waals surface area (Å²) in [6.07, 6.45) is 0. The van der Waals surface area contributed by atoms with Crippen molar-refractivity contribution in [3.05, 3.63) is 52.3 Å². The van der Waals surface area contributed by atoms with Crippen molar-refractivity contribution >= 4 is 43.2 Å². The molecule has 1 aromatic heterocycles. The molecule has 0 atom stereocenters. The highest BCUT2D eigenvalue weighted by Gasteiger charge is 2.14. The first-order valence-electron chi connectivity index (χ1n) is 7.18. The number of nitrogens with zero attached hydrogens (tertiary/aromatic N) is 2. The van der Waals surface area contributed by atoms with Crippen LogP contribution in [0, 0.1) is 0 Å². The van der Waals surface area contributed by atoms with Gasteiger partial charge < -0.3 is 9.30 Å². The molecule has 24 heavy (non-hydrogen) atoms. The Hall–Kier alpha value is -1.83. The van der Waals surface area contributed by atoms with E-state index in [-0.39, 0.29) is 4.90 Å². The molecule has 0 fully saturated rings. The van der Waals surface area contributed by atoms with Crippen molar-refractivity contribution in [2.75, 3.05) is 7.11 Å². The van der Waals surface area contributed by atoms with Crippen LogP contribution >= 0.6 is 22.9 Å². The Bertz CT molecular complexity index is 1050. The van der Waals surface area contributed by atoms with E-state index >= 15 is 0 Å². The number of methoxy groups -OCH3 is 1. The van der Waals surface area contributed by atoms with E-state index in [1.807, 2.05) is 29.7 Å². The molecule has 0 aliphatic carbocycles. The standard InChI is InChI=1S/C16H15ClN2O3S2/c1-3-19-14-9-6-12(22-2)10-15(14)23-16(19)18-24(20,21)13-7-4-11(17)5-8-13/h4-10H,3H2,1-2H3/b18-16-. The third kappa shape index (κ3) is 3.19. The molecule has 2 aromatic carbocycles. The monoisotopic (exact) mass is 382 g/mol. The predicted octanol–water partition coefficient (Wildman–Crippen LogP) is 3.67. The molecule has 8 heteroatoms. The molecular weight excluding hydrogens is 368 g/mol. The summed E-state index contributed by atoms with van der Waals surface area (Å²) in [7, 11) is -2.21. The van der Waals surface area contributed by atoms with E-state index < -0.39 is 10.0 Å². The highest BCUT2D eigenvalue weighted by molar-refractivity contribution is 7.90. The van der Waals surface area contributed by atoms with Crippen molar-refractivity contribution in [2.45, 2.75) is 18.4 Å². The van der Waals surface area contributed by atoms with E-state index in [0.717, 1.165) is 16.0 Å². The number of halogens is 1. The number of hydrogen-bond donors (Lipinski definition) is 0. The lowest BCUT2D eigenvalue weighted by atomic mass is 10.3.